The van der Waals surface area contributed by atoms with E-state index in [0.29, 0.717) is 5.92 Å². The Morgan fingerprint density at radius 3 is 2.86 bits per heavy atom. The maximum Gasteiger partial charge on any atom is 0.239 e. The molecule has 1 aromatic rings. The lowest BCUT2D eigenvalue weighted by atomic mass is 9.95. The van der Waals surface area contributed by atoms with Crippen LogP contribution in [0.4, 0.5) is 0 Å². The third-order valence-corrected chi connectivity index (χ3v) is 4.78. The summed E-state index contributed by atoms with van der Waals surface area (Å²) in [6.45, 7) is 3.94. The summed E-state index contributed by atoms with van der Waals surface area (Å²) in [7, 11) is 4.10. The number of amides is 1. The molecule has 1 N–H and O–H groups in total. The summed E-state index contributed by atoms with van der Waals surface area (Å²) in [5.74, 6) is 0.860. The molecule has 1 aromatic carbocycles. The Morgan fingerprint density at radius 1 is 1.38 bits per heavy atom. The normalized spacial score (nSPS) is 25.6. The van der Waals surface area contributed by atoms with E-state index in [2.05, 4.69) is 41.5 Å². The van der Waals surface area contributed by atoms with Crippen molar-refractivity contribution in [1.82, 2.24) is 15.1 Å². The minimum absolute atomic E-state index is 0.0657. The number of likely N-dealkylation sites (N-methyl/N-ethyl adjacent to an activating group) is 1. The molecule has 1 saturated heterocycles. The zero-order chi connectivity index (χ0) is 14.8. The smallest absolute Gasteiger partial charge is 0.239 e. The molecular weight excluding hydrogens is 262 g/mol. The molecule has 2 unspecified atom stereocenters. The van der Waals surface area contributed by atoms with Gasteiger partial charge in [-0.15, -0.1) is 0 Å². The number of hydrogen-bond donors (Lipinski definition) is 1. The van der Waals surface area contributed by atoms with Crippen LogP contribution >= 0.6 is 0 Å². The first-order valence-corrected chi connectivity index (χ1v) is 7.87. The van der Waals surface area contributed by atoms with E-state index in [-0.39, 0.29) is 11.9 Å². The number of carbonyl (C=O) groups is 1. The molecular formula is C17H25N3O. The number of hydrogen-bond acceptors (Lipinski definition) is 3. The van der Waals surface area contributed by atoms with Crippen LogP contribution in [-0.4, -0.2) is 55.5 Å². The van der Waals surface area contributed by atoms with Gasteiger partial charge in [0.15, 0.2) is 0 Å². The Hall–Kier alpha value is -1.39. The largest absolute Gasteiger partial charge is 0.344 e. The summed E-state index contributed by atoms with van der Waals surface area (Å²) in [6, 6.07) is 8.34. The van der Waals surface area contributed by atoms with Gasteiger partial charge in [0.05, 0.1) is 6.04 Å². The van der Waals surface area contributed by atoms with Gasteiger partial charge in [0.1, 0.15) is 0 Å². The number of rotatable bonds is 3. The van der Waals surface area contributed by atoms with Gasteiger partial charge < -0.3 is 15.1 Å². The SMILES string of the molecule is CN1CCC(CN(C)C(=O)C2Cc3ccccc3CN2)C1. The van der Waals surface area contributed by atoms with Crippen LogP contribution in [0.3, 0.4) is 0 Å². The topological polar surface area (TPSA) is 35.6 Å². The molecule has 0 aromatic heterocycles. The molecule has 4 heteroatoms. The van der Waals surface area contributed by atoms with Gasteiger partial charge in [0.25, 0.3) is 0 Å². The van der Waals surface area contributed by atoms with Crippen LogP contribution in [0.5, 0.6) is 0 Å². The first kappa shape index (κ1) is 14.5. The Labute approximate surface area is 127 Å². The van der Waals surface area contributed by atoms with Crippen molar-refractivity contribution >= 4 is 5.91 Å². The van der Waals surface area contributed by atoms with Crippen molar-refractivity contribution in [3.05, 3.63) is 35.4 Å². The van der Waals surface area contributed by atoms with Gasteiger partial charge in [-0.2, -0.15) is 0 Å². The minimum Gasteiger partial charge on any atom is -0.344 e. The van der Waals surface area contributed by atoms with E-state index < -0.39 is 0 Å². The minimum atomic E-state index is -0.0657. The van der Waals surface area contributed by atoms with E-state index in [1.165, 1.54) is 17.5 Å². The number of fused-ring (bicyclic) bond motifs is 1. The zero-order valence-electron chi connectivity index (χ0n) is 13.0. The second-order valence-corrected chi connectivity index (χ2v) is 6.54. The lowest BCUT2D eigenvalue weighted by Gasteiger charge is -2.30. The Kier molecular flexibility index (Phi) is 4.27. The fourth-order valence-electron chi connectivity index (χ4n) is 3.55. The van der Waals surface area contributed by atoms with Crippen molar-refractivity contribution < 1.29 is 4.79 Å². The van der Waals surface area contributed by atoms with Gasteiger partial charge in [-0.25, -0.2) is 0 Å². The third-order valence-electron chi connectivity index (χ3n) is 4.78. The number of nitrogens with zero attached hydrogens (tertiary/aromatic N) is 2. The maximum absolute atomic E-state index is 12.6. The highest BCUT2D eigenvalue weighted by atomic mass is 16.2. The molecule has 0 bridgehead atoms. The van der Waals surface area contributed by atoms with Crippen LogP contribution in [0.15, 0.2) is 24.3 Å². The summed E-state index contributed by atoms with van der Waals surface area (Å²) < 4.78 is 0. The van der Waals surface area contributed by atoms with Crippen molar-refractivity contribution in [2.45, 2.75) is 25.4 Å². The maximum atomic E-state index is 12.6. The number of carbonyl (C=O) groups excluding carboxylic acids is 1. The monoisotopic (exact) mass is 287 g/mol. The second-order valence-electron chi connectivity index (χ2n) is 6.54. The summed E-state index contributed by atoms with van der Waals surface area (Å²) in [4.78, 5) is 16.9. The highest BCUT2D eigenvalue weighted by Gasteiger charge is 2.28. The van der Waals surface area contributed by atoms with E-state index in [1.54, 1.807) is 0 Å². The van der Waals surface area contributed by atoms with Crippen molar-refractivity contribution in [3.8, 4) is 0 Å². The van der Waals surface area contributed by atoms with Crippen LogP contribution in [0, 0.1) is 5.92 Å². The third kappa shape index (κ3) is 3.27. The van der Waals surface area contributed by atoms with Gasteiger partial charge in [-0.3, -0.25) is 4.79 Å². The van der Waals surface area contributed by atoms with E-state index in [9.17, 15) is 4.79 Å². The van der Waals surface area contributed by atoms with E-state index >= 15 is 0 Å². The summed E-state index contributed by atoms with van der Waals surface area (Å²) in [6.07, 6.45) is 2.01. The second kappa shape index (κ2) is 6.16. The summed E-state index contributed by atoms with van der Waals surface area (Å²) in [5.41, 5.74) is 2.63. The highest BCUT2D eigenvalue weighted by Crippen LogP contribution is 2.19. The Bertz CT molecular complexity index is 517. The molecule has 4 nitrogen and oxygen atoms in total. The van der Waals surface area contributed by atoms with Gasteiger partial charge >= 0.3 is 0 Å². The average Bonchev–Trinajstić information content (AvgIpc) is 2.91. The van der Waals surface area contributed by atoms with Gasteiger partial charge in [0.2, 0.25) is 5.91 Å². The van der Waals surface area contributed by atoms with Crippen molar-refractivity contribution in [3.63, 3.8) is 0 Å². The van der Waals surface area contributed by atoms with E-state index in [0.717, 1.165) is 32.6 Å². The molecule has 114 valence electrons. The number of benzene rings is 1. The molecule has 1 fully saturated rings. The zero-order valence-corrected chi connectivity index (χ0v) is 13.0. The molecule has 0 saturated carbocycles. The molecule has 1 amide bonds. The first-order valence-electron chi connectivity index (χ1n) is 7.87. The van der Waals surface area contributed by atoms with E-state index in [4.69, 9.17) is 0 Å². The molecule has 2 atom stereocenters. The average molecular weight is 287 g/mol. The molecule has 2 aliphatic heterocycles. The van der Waals surface area contributed by atoms with Crippen molar-refractivity contribution in [1.29, 1.82) is 0 Å². The van der Waals surface area contributed by atoms with Gasteiger partial charge in [-0.05, 0) is 43.5 Å². The molecule has 0 spiro atoms. The quantitative estimate of drug-likeness (QED) is 0.904. The first-order chi connectivity index (χ1) is 10.1. The standard InChI is InChI=1S/C17H25N3O/c1-19-8-7-13(11-19)12-20(2)17(21)16-9-14-5-3-4-6-15(14)10-18-16/h3-6,13,16,18H,7-12H2,1-2H3. The number of likely N-dealkylation sites (tertiary alicyclic amines) is 1. The van der Waals surface area contributed by atoms with Crippen molar-refractivity contribution in [2.24, 2.45) is 5.92 Å². The van der Waals surface area contributed by atoms with Crippen LogP contribution in [0.2, 0.25) is 0 Å². The number of nitrogens with one attached hydrogen (secondary N) is 1. The summed E-state index contributed by atoms with van der Waals surface area (Å²) in [5, 5.41) is 3.39. The fourth-order valence-corrected chi connectivity index (χ4v) is 3.55. The molecule has 2 heterocycles. The molecule has 3 rings (SSSR count). The van der Waals surface area contributed by atoms with E-state index in [1.807, 2.05) is 11.9 Å². The molecule has 2 aliphatic rings. The Morgan fingerprint density at radius 2 is 2.14 bits per heavy atom. The van der Waals surface area contributed by atoms with Crippen LogP contribution < -0.4 is 5.32 Å². The Balaban J connectivity index is 1.58. The predicted molar refractivity (Wildman–Crippen MR) is 84.0 cm³/mol. The van der Waals surface area contributed by atoms with Crippen LogP contribution in [0.1, 0.15) is 17.5 Å². The predicted octanol–water partition coefficient (Wildman–Crippen LogP) is 1.11. The molecule has 0 aliphatic carbocycles. The van der Waals surface area contributed by atoms with Gasteiger partial charge in [-0.1, -0.05) is 24.3 Å². The van der Waals surface area contributed by atoms with Gasteiger partial charge in [0, 0.05) is 26.7 Å². The lowest BCUT2D eigenvalue weighted by Crippen LogP contribution is -2.49. The van der Waals surface area contributed by atoms with Crippen molar-refractivity contribution in [2.75, 3.05) is 33.7 Å². The highest BCUT2D eigenvalue weighted by molar-refractivity contribution is 5.82. The molecule has 21 heavy (non-hydrogen) atoms. The van der Waals surface area contributed by atoms with Crippen LogP contribution in [0.25, 0.3) is 0 Å². The summed E-state index contributed by atoms with van der Waals surface area (Å²) >= 11 is 0. The van der Waals surface area contributed by atoms with Crippen LogP contribution in [-0.2, 0) is 17.8 Å². The fraction of sp³-hybridized carbons (Fsp3) is 0.588. The lowest BCUT2D eigenvalue weighted by molar-refractivity contribution is -0.132. The molecule has 0 radical (unpaired) electrons.